The zero-order valence-electron chi connectivity index (χ0n) is 15.2. The first-order valence-electron chi connectivity index (χ1n) is 8.93. The lowest BCUT2D eigenvalue weighted by Gasteiger charge is -2.03. The van der Waals surface area contributed by atoms with Gasteiger partial charge in [-0.05, 0) is 43.4 Å². The van der Waals surface area contributed by atoms with Crippen molar-refractivity contribution in [1.82, 2.24) is 40.7 Å². The molecule has 0 spiro atoms. The van der Waals surface area contributed by atoms with Crippen LogP contribution in [0.2, 0.25) is 0 Å². The topological polar surface area (TPSA) is 180 Å². The second-order valence-electron chi connectivity index (χ2n) is 5.98. The molecule has 0 aliphatic carbocycles. The Hall–Kier alpha value is -3.32. The van der Waals surface area contributed by atoms with Crippen LogP contribution < -0.4 is 9.47 Å². The van der Waals surface area contributed by atoms with Crippen LogP contribution in [0.1, 0.15) is 64.2 Å². The third kappa shape index (κ3) is 7.51. The molecular formula is C14H22N8O6. The first-order chi connectivity index (χ1) is 13.6. The maximum absolute atomic E-state index is 11.5. The first-order valence-corrected chi connectivity index (χ1v) is 8.93. The molecule has 0 aliphatic rings. The van der Waals surface area contributed by atoms with Crippen molar-refractivity contribution < 1.29 is 29.5 Å². The molecule has 14 heteroatoms. The standard InChI is InChI=1S/C14H22N8O6/c23-11(27-13-15-17-19-21(13)25)9-7-5-3-1-2-4-6-8-10-12(24)28-14-16-18-20-22(14)26/h25-26H,1-10H2. The van der Waals surface area contributed by atoms with Crippen LogP contribution in [0.4, 0.5) is 0 Å². The second kappa shape index (κ2) is 11.4. The van der Waals surface area contributed by atoms with E-state index in [1.54, 1.807) is 0 Å². The summed E-state index contributed by atoms with van der Waals surface area (Å²) in [5.41, 5.74) is 0. The lowest BCUT2D eigenvalue weighted by atomic mass is 10.1. The highest BCUT2D eigenvalue weighted by Crippen LogP contribution is 2.12. The van der Waals surface area contributed by atoms with Crippen molar-refractivity contribution in [2.24, 2.45) is 0 Å². The number of carbonyl (C=O) groups is 2. The van der Waals surface area contributed by atoms with E-state index in [1.165, 1.54) is 0 Å². The Kier molecular flexibility index (Phi) is 8.55. The van der Waals surface area contributed by atoms with Gasteiger partial charge in [-0.2, -0.15) is 0 Å². The molecule has 0 aliphatic heterocycles. The SMILES string of the molecule is O=C(CCCCCCCCCCC(=O)Oc1nnnn1O)Oc1nnnn1O. The van der Waals surface area contributed by atoms with E-state index in [0.717, 1.165) is 38.5 Å². The van der Waals surface area contributed by atoms with E-state index in [4.69, 9.17) is 19.9 Å². The molecule has 14 nitrogen and oxygen atoms in total. The van der Waals surface area contributed by atoms with E-state index in [2.05, 4.69) is 31.1 Å². The molecule has 0 amide bonds. The highest BCUT2D eigenvalue weighted by molar-refractivity contribution is 5.71. The van der Waals surface area contributed by atoms with E-state index >= 15 is 0 Å². The first kappa shape index (κ1) is 21.0. The molecule has 2 aromatic rings. The number of hydrogen-bond acceptors (Lipinski definition) is 12. The van der Waals surface area contributed by atoms with Gasteiger partial charge in [0.05, 0.1) is 0 Å². The fourth-order valence-electron chi connectivity index (χ4n) is 2.38. The quantitative estimate of drug-likeness (QED) is 0.272. The second-order valence-corrected chi connectivity index (χ2v) is 5.98. The molecule has 0 saturated heterocycles. The van der Waals surface area contributed by atoms with Crippen LogP contribution in [0, 0.1) is 0 Å². The molecule has 0 fully saturated rings. The minimum atomic E-state index is -0.493. The van der Waals surface area contributed by atoms with Crippen LogP contribution in [0.15, 0.2) is 0 Å². The molecule has 0 aromatic carbocycles. The average molecular weight is 398 g/mol. The zero-order chi connectivity index (χ0) is 20.2. The van der Waals surface area contributed by atoms with Gasteiger partial charge in [-0.25, -0.2) is 0 Å². The molecule has 2 rings (SSSR count). The van der Waals surface area contributed by atoms with Crippen molar-refractivity contribution in [2.75, 3.05) is 0 Å². The van der Waals surface area contributed by atoms with Crippen LogP contribution in [-0.4, -0.2) is 63.1 Å². The maximum atomic E-state index is 11.5. The minimum absolute atomic E-state index is 0.228. The van der Waals surface area contributed by atoms with Crippen molar-refractivity contribution in [2.45, 2.75) is 64.2 Å². The van der Waals surface area contributed by atoms with E-state index in [0.29, 0.717) is 22.5 Å². The van der Waals surface area contributed by atoms with E-state index in [9.17, 15) is 9.59 Å². The van der Waals surface area contributed by atoms with Crippen LogP contribution >= 0.6 is 0 Å². The summed E-state index contributed by atoms with van der Waals surface area (Å²) < 4.78 is 9.58. The summed E-state index contributed by atoms with van der Waals surface area (Å²) in [4.78, 5) is 23.7. The Bertz CT molecular complexity index is 686. The number of aromatic nitrogens is 8. The highest BCUT2D eigenvalue weighted by atomic mass is 16.6. The predicted octanol–water partition coefficient (Wildman–Crippen LogP) is 0.546. The van der Waals surface area contributed by atoms with Crippen LogP contribution in [0.5, 0.6) is 12.0 Å². The Morgan fingerprint density at radius 1 is 0.679 bits per heavy atom. The van der Waals surface area contributed by atoms with Crippen molar-refractivity contribution in [3.05, 3.63) is 0 Å². The van der Waals surface area contributed by atoms with Gasteiger partial charge in [0.1, 0.15) is 0 Å². The minimum Gasteiger partial charge on any atom is -0.406 e. The molecule has 2 aromatic heterocycles. The van der Waals surface area contributed by atoms with Gasteiger partial charge >= 0.3 is 24.0 Å². The number of unbranched alkanes of at least 4 members (excludes halogenated alkanes) is 7. The molecule has 0 atom stereocenters. The summed E-state index contributed by atoms with van der Waals surface area (Å²) >= 11 is 0. The monoisotopic (exact) mass is 398 g/mol. The largest absolute Gasteiger partial charge is 0.406 e. The van der Waals surface area contributed by atoms with E-state index in [1.807, 2.05) is 0 Å². The van der Waals surface area contributed by atoms with Gasteiger partial charge in [0.15, 0.2) is 0 Å². The zero-order valence-corrected chi connectivity index (χ0v) is 15.2. The molecule has 2 heterocycles. The summed E-state index contributed by atoms with van der Waals surface area (Å²) in [6.45, 7) is 0. The average Bonchev–Trinajstić information content (AvgIpc) is 3.25. The number of tetrazole rings is 2. The van der Waals surface area contributed by atoms with Crippen LogP contribution in [0.25, 0.3) is 0 Å². The molecule has 154 valence electrons. The number of nitrogens with zero attached hydrogens (tertiary/aromatic N) is 8. The fourth-order valence-corrected chi connectivity index (χ4v) is 2.38. The number of hydrogen-bond donors (Lipinski definition) is 2. The van der Waals surface area contributed by atoms with Crippen molar-refractivity contribution in [3.8, 4) is 12.0 Å². The van der Waals surface area contributed by atoms with Gasteiger partial charge in [0, 0.05) is 12.8 Å². The van der Waals surface area contributed by atoms with Gasteiger partial charge in [0.2, 0.25) is 0 Å². The van der Waals surface area contributed by atoms with Gasteiger partial charge in [-0.15, -0.1) is 0 Å². The number of ether oxygens (including phenoxy) is 2. The van der Waals surface area contributed by atoms with Crippen LogP contribution in [-0.2, 0) is 9.59 Å². The Morgan fingerprint density at radius 2 is 1.04 bits per heavy atom. The van der Waals surface area contributed by atoms with Crippen LogP contribution in [0.3, 0.4) is 0 Å². The fraction of sp³-hybridized carbons (Fsp3) is 0.714. The molecule has 28 heavy (non-hydrogen) atoms. The maximum Gasteiger partial charge on any atom is 0.378 e. The van der Waals surface area contributed by atoms with Gasteiger partial charge in [-0.1, -0.05) is 48.7 Å². The summed E-state index contributed by atoms with van der Waals surface area (Å²) in [6, 6.07) is -0.687. The Labute approximate surface area is 159 Å². The summed E-state index contributed by atoms with van der Waals surface area (Å²) in [7, 11) is 0. The predicted molar refractivity (Wildman–Crippen MR) is 87.4 cm³/mol. The summed E-state index contributed by atoms with van der Waals surface area (Å²) in [6.07, 6.45) is 7.66. The normalized spacial score (nSPS) is 10.7. The molecule has 0 saturated carbocycles. The lowest BCUT2D eigenvalue weighted by Crippen LogP contribution is -2.11. The molecule has 0 radical (unpaired) electrons. The number of carbonyl (C=O) groups excluding carboxylic acids is 2. The Balaban J connectivity index is 1.38. The van der Waals surface area contributed by atoms with Crippen molar-refractivity contribution >= 4 is 11.9 Å². The molecular weight excluding hydrogens is 376 g/mol. The third-order valence-corrected chi connectivity index (χ3v) is 3.77. The smallest absolute Gasteiger partial charge is 0.378 e. The van der Waals surface area contributed by atoms with Crippen molar-refractivity contribution in [3.63, 3.8) is 0 Å². The molecule has 0 bridgehead atoms. The molecule has 2 N–H and O–H groups in total. The van der Waals surface area contributed by atoms with E-state index < -0.39 is 11.9 Å². The highest BCUT2D eigenvalue weighted by Gasteiger charge is 2.12. The molecule has 0 unspecified atom stereocenters. The Morgan fingerprint density at radius 3 is 1.36 bits per heavy atom. The summed E-state index contributed by atoms with van der Waals surface area (Å²) in [5, 5.41) is 37.4. The van der Waals surface area contributed by atoms with Gasteiger partial charge in [0.25, 0.3) is 0 Å². The third-order valence-electron chi connectivity index (χ3n) is 3.77. The number of rotatable bonds is 13. The van der Waals surface area contributed by atoms with Crippen molar-refractivity contribution in [1.29, 1.82) is 0 Å². The summed E-state index contributed by atoms with van der Waals surface area (Å²) in [5.74, 6) is -0.987. The lowest BCUT2D eigenvalue weighted by molar-refractivity contribution is -0.137. The number of esters is 2. The van der Waals surface area contributed by atoms with Gasteiger partial charge < -0.3 is 19.9 Å². The van der Waals surface area contributed by atoms with Gasteiger partial charge in [-0.3, -0.25) is 9.59 Å². The van der Waals surface area contributed by atoms with E-state index in [-0.39, 0.29) is 24.9 Å².